The molecule has 0 amide bonds. The zero-order valence-corrected chi connectivity index (χ0v) is 13.8. The summed E-state index contributed by atoms with van der Waals surface area (Å²) in [4.78, 5) is 11.2. The fourth-order valence-corrected chi connectivity index (χ4v) is 2.36. The van der Waals surface area contributed by atoms with Gasteiger partial charge in [-0.3, -0.25) is 0 Å². The van der Waals surface area contributed by atoms with Gasteiger partial charge >= 0.3 is 5.97 Å². The van der Waals surface area contributed by atoms with Crippen LogP contribution in [0.4, 0.5) is 5.69 Å². The molecular formula is C18H20ClNO3. The summed E-state index contributed by atoms with van der Waals surface area (Å²) in [6.45, 7) is 3.35. The Morgan fingerprint density at radius 1 is 1.22 bits per heavy atom. The van der Waals surface area contributed by atoms with E-state index in [1.807, 2.05) is 31.2 Å². The molecule has 2 aromatic carbocycles. The van der Waals surface area contributed by atoms with Crippen LogP contribution in [0.1, 0.15) is 28.8 Å². The van der Waals surface area contributed by atoms with Crippen LogP contribution in [0.3, 0.4) is 0 Å². The van der Waals surface area contributed by atoms with E-state index in [9.17, 15) is 4.79 Å². The van der Waals surface area contributed by atoms with E-state index >= 15 is 0 Å². The number of carboxylic acid groups (broad SMARTS) is 1. The van der Waals surface area contributed by atoms with E-state index in [0.29, 0.717) is 23.9 Å². The monoisotopic (exact) mass is 333 g/mol. The molecule has 0 aromatic heterocycles. The lowest BCUT2D eigenvalue weighted by Crippen LogP contribution is -2.09. The van der Waals surface area contributed by atoms with Gasteiger partial charge < -0.3 is 15.2 Å². The number of anilines is 1. The van der Waals surface area contributed by atoms with Gasteiger partial charge in [-0.25, -0.2) is 4.79 Å². The van der Waals surface area contributed by atoms with Crippen molar-refractivity contribution >= 4 is 23.3 Å². The van der Waals surface area contributed by atoms with Crippen LogP contribution in [0.5, 0.6) is 5.75 Å². The molecule has 0 aliphatic rings. The van der Waals surface area contributed by atoms with Gasteiger partial charge in [0.05, 0.1) is 12.2 Å². The number of halogens is 1. The first-order valence-electron chi connectivity index (χ1n) is 7.52. The molecule has 2 rings (SSSR count). The average Bonchev–Trinajstić information content (AvgIpc) is 2.51. The van der Waals surface area contributed by atoms with Crippen LogP contribution < -0.4 is 10.1 Å². The largest absolute Gasteiger partial charge is 0.494 e. The summed E-state index contributed by atoms with van der Waals surface area (Å²) in [5, 5.41) is 12.7. The highest BCUT2D eigenvalue weighted by Crippen LogP contribution is 2.20. The van der Waals surface area contributed by atoms with Gasteiger partial charge in [-0.05, 0) is 55.7 Å². The molecule has 0 aliphatic heterocycles. The Bertz CT molecular complexity index is 673. The van der Waals surface area contributed by atoms with Crippen molar-refractivity contribution in [3.8, 4) is 5.75 Å². The summed E-state index contributed by atoms with van der Waals surface area (Å²) in [6, 6.07) is 12.8. The van der Waals surface area contributed by atoms with Crippen LogP contribution in [0.2, 0.25) is 5.02 Å². The minimum absolute atomic E-state index is 0.188. The van der Waals surface area contributed by atoms with Crippen LogP contribution in [0, 0.1) is 6.92 Å². The molecule has 0 radical (unpaired) electrons. The van der Waals surface area contributed by atoms with Crippen LogP contribution >= 0.6 is 11.6 Å². The second kappa shape index (κ2) is 8.44. The van der Waals surface area contributed by atoms with Crippen molar-refractivity contribution in [2.75, 3.05) is 18.5 Å². The summed E-state index contributed by atoms with van der Waals surface area (Å²) in [7, 11) is 0. The van der Waals surface area contributed by atoms with Crippen LogP contribution in [0.25, 0.3) is 0 Å². The highest BCUT2D eigenvalue weighted by atomic mass is 35.5. The van der Waals surface area contributed by atoms with Gasteiger partial charge in [0.2, 0.25) is 0 Å². The highest BCUT2D eigenvalue weighted by molar-refractivity contribution is 6.31. The molecule has 0 aliphatic carbocycles. The maximum atomic E-state index is 11.2. The van der Waals surface area contributed by atoms with E-state index in [-0.39, 0.29) is 5.56 Å². The van der Waals surface area contributed by atoms with Crippen molar-refractivity contribution in [3.63, 3.8) is 0 Å². The van der Waals surface area contributed by atoms with Gasteiger partial charge in [0, 0.05) is 17.3 Å². The third-order valence-corrected chi connectivity index (χ3v) is 3.59. The standard InChI is InChI=1S/C18H20ClNO3/c1-13-5-4-6-15(11-13)23-10-3-2-9-20-17-8-7-14(19)12-16(17)18(21)22/h4-8,11-12,20H,2-3,9-10H2,1H3,(H,21,22). The molecule has 0 saturated carbocycles. The van der Waals surface area contributed by atoms with Crippen molar-refractivity contribution in [2.45, 2.75) is 19.8 Å². The molecular weight excluding hydrogens is 314 g/mol. The second-order valence-corrected chi connectivity index (χ2v) is 5.73. The maximum Gasteiger partial charge on any atom is 0.337 e. The molecule has 0 saturated heterocycles. The number of hydrogen-bond acceptors (Lipinski definition) is 3. The van der Waals surface area contributed by atoms with E-state index < -0.39 is 5.97 Å². The second-order valence-electron chi connectivity index (χ2n) is 5.29. The topological polar surface area (TPSA) is 58.6 Å². The Morgan fingerprint density at radius 2 is 2.04 bits per heavy atom. The average molecular weight is 334 g/mol. The third-order valence-electron chi connectivity index (χ3n) is 3.36. The van der Waals surface area contributed by atoms with Crippen molar-refractivity contribution < 1.29 is 14.6 Å². The van der Waals surface area contributed by atoms with Crippen LogP contribution in [0.15, 0.2) is 42.5 Å². The van der Waals surface area contributed by atoms with E-state index in [1.54, 1.807) is 12.1 Å². The normalized spacial score (nSPS) is 10.3. The Labute approximate surface area is 141 Å². The summed E-state index contributed by atoms with van der Waals surface area (Å²) in [5.74, 6) is -0.110. The molecule has 2 N–H and O–H groups in total. The Balaban J connectivity index is 1.73. The van der Waals surface area contributed by atoms with Crippen molar-refractivity contribution in [3.05, 3.63) is 58.6 Å². The smallest absolute Gasteiger partial charge is 0.337 e. The fraction of sp³-hybridized carbons (Fsp3) is 0.278. The fourth-order valence-electron chi connectivity index (χ4n) is 2.19. The van der Waals surface area contributed by atoms with E-state index in [4.69, 9.17) is 21.4 Å². The minimum atomic E-state index is -0.988. The zero-order valence-electron chi connectivity index (χ0n) is 13.0. The van der Waals surface area contributed by atoms with Gasteiger partial charge in [0.15, 0.2) is 0 Å². The third kappa shape index (κ3) is 5.49. The molecule has 122 valence electrons. The lowest BCUT2D eigenvalue weighted by atomic mass is 10.1. The van der Waals surface area contributed by atoms with Crippen molar-refractivity contribution in [2.24, 2.45) is 0 Å². The quantitative estimate of drug-likeness (QED) is 0.692. The summed E-state index contributed by atoms with van der Waals surface area (Å²) < 4.78 is 5.68. The van der Waals surface area contributed by atoms with E-state index in [2.05, 4.69) is 5.32 Å². The summed E-state index contributed by atoms with van der Waals surface area (Å²) >= 11 is 5.83. The number of ether oxygens (including phenoxy) is 1. The first kappa shape index (κ1) is 17.2. The predicted molar refractivity (Wildman–Crippen MR) is 92.8 cm³/mol. The predicted octanol–water partition coefficient (Wildman–Crippen LogP) is 4.62. The number of hydrogen-bond donors (Lipinski definition) is 2. The molecule has 0 fully saturated rings. The first-order valence-corrected chi connectivity index (χ1v) is 7.90. The number of rotatable bonds is 8. The Morgan fingerprint density at radius 3 is 2.78 bits per heavy atom. The Hall–Kier alpha value is -2.20. The van der Waals surface area contributed by atoms with Crippen LogP contribution in [-0.4, -0.2) is 24.2 Å². The van der Waals surface area contributed by atoms with E-state index in [1.165, 1.54) is 11.6 Å². The number of benzene rings is 2. The van der Waals surface area contributed by atoms with Gasteiger partial charge in [-0.1, -0.05) is 23.7 Å². The number of nitrogens with one attached hydrogen (secondary N) is 1. The first-order chi connectivity index (χ1) is 11.1. The molecule has 0 unspecified atom stereocenters. The van der Waals surface area contributed by atoms with Gasteiger partial charge in [-0.2, -0.15) is 0 Å². The molecule has 0 bridgehead atoms. The summed E-state index contributed by atoms with van der Waals surface area (Å²) in [5.41, 5.74) is 1.95. The number of carboxylic acids is 1. The number of unbranched alkanes of at least 4 members (excludes halogenated alkanes) is 1. The molecule has 23 heavy (non-hydrogen) atoms. The highest BCUT2D eigenvalue weighted by Gasteiger charge is 2.10. The van der Waals surface area contributed by atoms with Crippen LogP contribution in [-0.2, 0) is 0 Å². The SMILES string of the molecule is Cc1cccc(OCCCCNc2ccc(Cl)cc2C(=O)O)c1. The molecule has 0 heterocycles. The minimum Gasteiger partial charge on any atom is -0.494 e. The van der Waals surface area contributed by atoms with Gasteiger partial charge in [-0.15, -0.1) is 0 Å². The summed E-state index contributed by atoms with van der Waals surface area (Å²) in [6.07, 6.45) is 1.77. The molecule has 5 heteroatoms. The maximum absolute atomic E-state index is 11.2. The van der Waals surface area contributed by atoms with E-state index in [0.717, 1.165) is 18.6 Å². The number of carbonyl (C=O) groups is 1. The van der Waals surface area contributed by atoms with Crippen molar-refractivity contribution in [1.82, 2.24) is 0 Å². The Kier molecular flexibility index (Phi) is 6.29. The van der Waals surface area contributed by atoms with Gasteiger partial charge in [0.1, 0.15) is 5.75 Å². The lowest BCUT2D eigenvalue weighted by Gasteiger charge is -2.10. The number of aryl methyl sites for hydroxylation is 1. The molecule has 0 atom stereocenters. The lowest BCUT2D eigenvalue weighted by molar-refractivity contribution is 0.0698. The molecule has 0 spiro atoms. The van der Waals surface area contributed by atoms with Crippen molar-refractivity contribution in [1.29, 1.82) is 0 Å². The van der Waals surface area contributed by atoms with Gasteiger partial charge in [0.25, 0.3) is 0 Å². The number of aromatic carboxylic acids is 1. The zero-order chi connectivity index (χ0) is 16.7. The molecule has 2 aromatic rings. The molecule has 4 nitrogen and oxygen atoms in total.